The lowest BCUT2D eigenvalue weighted by molar-refractivity contribution is 0.0735. The number of rotatable bonds is 1. The molecular weight excluding hydrogens is 344 g/mol. The lowest BCUT2D eigenvalue weighted by atomic mass is 10.2. The molecule has 2 heterocycles. The zero-order chi connectivity index (χ0) is 10.8. The Morgan fingerprint density at radius 1 is 1.40 bits per heavy atom. The van der Waals surface area contributed by atoms with Crippen LogP contribution in [-0.2, 0) is 0 Å². The molecule has 2 rings (SSSR count). The van der Waals surface area contributed by atoms with Crippen LogP contribution in [0.2, 0.25) is 0 Å². The summed E-state index contributed by atoms with van der Waals surface area (Å²) in [6, 6.07) is 1.87. The van der Waals surface area contributed by atoms with E-state index in [4.69, 9.17) is 0 Å². The highest BCUT2D eigenvalue weighted by atomic mass is 79.9. The van der Waals surface area contributed by atoms with Gasteiger partial charge in [-0.1, -0.05) is 0 Å². The Labute approximate surface area is 109 Å². The third-order valence-electron chi connectivity index (χ3n) is 2.29. The fraction of sp³-hybridized carbons (Fsp3) is 0.444. The molecule has 15 heavy (non-hydrogen) atoms. The van der Waals surface area contributed by atoms with Crippen LogP contribution in [0, 0.1) is 0 Å². The summed E-state index contributed by atoms with van der Waals surface area (Å²) in [4.78, 5) is 14.0. The van der Waals surface area contributed by atoms with E-state index in [9.17, 15) is 4.79 Å². The molecule has 0 aromatic carbocycles. The molecule has 1 amide bonds. The maximum atomic E-state index is 12.1. The van der Waals surface area contributed by atoms with Crippen LogP contribution >= 0.6 is 43.2 Å². The molecule has 1 aliphatic rings. The number of carbonyl (C=O) groups is 1. The topological polar surface area (TPSA) is 32.3 Å². The smallest absolute Gasteiger partial charge is 0.255 e. The Morgan fingerprint density at radius 3 is 2.60 bits per heavy atom. The number of carbonyl (C=O) groups excluding carboxylic acids is 1. The lowest BCUT2D eigenvalue weighted by Gasteiger charge is -2.27. The second-order valence-corrected chi connectivity index (χ2v) is 7.03. The molecule has 1 aromatic heterocycles. The Balaban J connectivity index is 2.16. The molecule has 0 spiro atoms. The average Bonchev–Trinajstić information content (AvgIpc) is 2.58. The first-order valence-electron chi connectivity index (χ1n) is 4.63. The quantitative estimate of drug-likeness (QED) is 0.840. The van der Waals surface area contributed by atoms with Crippen molar-refractivity contribution in [3.63, 3.8) is 0 Å². The van der Waals surface area contributed by atoms with E-state index in [1.54, 1.807) is 0 Å². The van der Waals surface area contributed by atoms with Gasteiger partial charge in [-0.25, -0.2) is 0 Å². The molecule has 1 aliphatic heterocycles. The number of amides is 1. The highest BCUT2D eigenvalue weighted by Gasteiger charge is 2.21. The van der Waals surface area contributed by atoms with Crippen molar-refractivity contribution in [3.8, 4) is 0 Å². The Kier molecular flexibility index (Phi) is 3.82. The molecule has 0 unspecified atom stereocenters. The van der Waals surface area contributed by atoms with Gasteiger partial charge in [0.25, 0.3) is 5.91 Å². The van der Waals surface area contributed by atoms with Crippen molar-refractivity contribution >= 4 is 49.1 Å². The SMILES string of the molecule is O=C(c1cc(Br)sc1Br)N1CCNCC1. The van der Waals surface area contributed by atoms with E-state index in [0.29, 0.717) is 0 Å². The van der Waals surface area contributed by atoms with Crippen LogP contribution < -0.4 is 5.32 Å². The number of nitrogens with one attached hydrogen (secondary N) is 1. The van der Waals surface area contributed by atoms with Crippen LogP contribution in [0.15, 0.2) is 13.6 Å². The van der Waals surface area contributed by atoms with Gasteiger partial charge in [0.2, 0.25) is 0 Å². The number of piperazine rings is 1. The van der Waals surface area contributed by atoms with Crippen molar-refractivity contribution < 1.29 is 4.79 Å². The van der Waals surface area contributed by atoms with E-state index in [1.807, 2.05) is 11.0 Å². The minimum atomic E-state index is 0.116. The molecule has 3 nitrogen and oxygen atoms in total. The van der Waals surface area contributed by atoms with Crippen molar-refractivity contribution in [1.29, 1.82) is 0 Å². The van der Waals surface area contributed by atoms with E-state index < -0.39 is 0 Å². The van der Waals surface area contributed by atoms with Gasteiger partial charge in [-0.05, 0) is 37.9 Å². The van der Waals surface area contributed by atoms with Crippen molar-refractivity contribution in [2.24, 2.45) is 0 Å². The van der Waals surface area contributed by atoms with Crippen molar-refractivity contribution in [1.82, 2.24) is 10.2 Å². The van der Waals surface area contributed by atoms with Gasteiger partial charge in [0.05, 0.1) is 13.1 Å². The molecule has 1 N–H and O–H groups in total. The van der Waals surface area contributed by atoms with E-state index in [0.717, 1.165) is 39.3 Å². The van der Waals surface area contributed by atoms with E-state index in [2.05, 4.69) is 37.2 Å². The number of nitrogens with zero attached hydrogens (tertiary/aromatic N) is 1. The molecule has 0 atom stereocenters. The highest BCUT2D eigenvalue weighted by Crippen LogP contribution is 2.32. The summed E-state index contributed by atoms with van der Waals surface area (Å²) < 4.78 is 1.88. The number of hydrogen-bond donors (Lipinski definition) is 1. The first-order chi connectivity index (χ1) is 7.18. The van der Waals surface area contributed by atoms with Crippen molar-refractivity contribution in [2.75, 3.05) is 26.2 Å². The summed E-state index contributed by atoms with van der Waals surface area (Å²) in [6.45, 7) is 3.35. The highest BCUT2D eigenvalue weighted by molar-refractivity contribution is 9.12. The van der Waals surface area contributed by atoms with Crippen LogP contribution in [0.25, 0.3) is 0 Å². The summed E-state index contributed by atoms with van der Waals surface area (Å²) in [5.74, 6) is 0.116. The van der Waals surface area contributed by atoms with Gasteiger partial charge in [0.1, 0.15) is 0 Å². The van der Waals surface area contributed by atoms with Crippen molar-refractivity contribution in [2.45, 2.75) is 0 Å². The minimum Gasteiger partial charge on any atom is -0.336 e. The van der Waals surface area contributed by atoms with Gasteiger partial charge in [-0.2, -0.15) is 0 Å². The molecule has 1 saturated heterocycles. The number of halogens is 2. The maximum Gasteiger partial charge on any atom is 0.255 e. The number of thiophene rings is 1. The van der Waals surface area contributed by atoms with Crippen LogP contribution in [0.1, 0.15) is 10.4 Å². The summed E-state index contributed by atoms with van der Waals surface area (Å²) in [5, 5.41) is 3.23. The zero-order valence-corrected chi connectivity index (χ0v) is 11.9. The molecule has 6 heteroatoms. The van der Waals surface area contributed by atoms with Gasteiger partial charge in [0.15, 0.2) is 0 Å². The predicted molar refractivity (Wildman–Crippen MR) is 68.5 cm³/mol. The molecular formula is C9H10Br2N2OS. The molecule has 1 aromatic rings. The van der Waals surface area contributed by atoms with Gasteiger partial charge in [0, 0.05) is 26.2 Å². The van der Waals surface area contributed by atoms with Gasteiger partial charge in [-0.3, -0.25) is 4.79 Å². The van der Waals surface area contributed by atoms with Gasteiger partial charge in [-0.15, -0.1) is 11.3 Å². The monoisotopic (exact) mass is 352 g/mol. The molecule has 1 fully saturated rings. The minimum absolute atomic E-state index is 0.116. The van der Waals surface area contributed by atoms with Crippen LogP contribution in [0.5, 0.6) is 0 Å². The molecule has 82 valence electrons. The van der Waals surface area contributed by atoms with E-state index in [-0.39, 0.29) is 5.91 Å². The predicted octanol–water partition coefficient (Wildman–Crippen LogP) is 2.32. The Hall–Kier alpha value is 0.0900. The maximum absolute atomic E-state index is 12.1. The van der Waals surface area contributed by atoms with E-state index >= 15 is 0 Å². The molecule has 0 aliphatic carbocycles. The normalized spacial score (nSPS) is 16.8. The van der Waals surface area contributed by atoms with E-state index in [1.165, 1.54) is 11.3 Å². The summed E-state index contributed by atoms with van der Waals surface area (Å²) in [5.41, 5.74) is 0.758. The second kappa shape index (κ2) is 4.95. The average molecular weight is 354 g/mol. The lowest BCUT2D eigenvalue weighted by Crippen LogP contribution is -2.46. The van der Waals surface area contributed by atoms with Crippen LogP contribution in [0.3, 0.4) is 0 Å². The Bertz CT molecular complexity index is 374. The summed E-state index contributed by atoms with van der Waals surface area (Å²) in [6.07, 6.45) is 0. The fourth-order valence-corrected chi connectivity index (χ4v) is 4.30. The third kappa shape index (κ3) is 2.61. The summed E-state index contributed by atoms with van der Waals surface area (Å²) >= 11 is 8.32. The first-order valence-corrected chi connectivity index (χ1v) is 7.03. The largest absolute Gasteiger partial charge is 0.336 e. The molecule has 0 radical (unpaired) electrons. The van der Waals surface area contributed by atoms with Crippen LogP contribution in [0.4, 0.5) is 0 Å². The van der Waals surface area contributed by atoms with Crippen LogP contribution in [-0.4, -0.2) is 37.0 Å². The third-order valence-corrected chi connectivity index (χ3v) is 4.63. The van der Waals surface area contributed by atoms with Gasteiger partial charge >= 0.3 is 0 Å². The standard InChI is InChI=1S/C9H10Br2N2OS/c10-7-5-6(8(11)15-7)9(14)13-3-1-12-2-4-13/h5,12H,1-4H2. The first kappa shape index (κ1) is 11.6. The van der Waals surface area contributed by atoms with Crippen molar-refractivity contribution in [3.05, 3.63) is 19.2 Å². The molecule has 0 saturated carbocycles. The summed E-state index contributed by atoms with van der Waals surface area (Å²) in [7, 11) is 0. The number of hydrogen-bond acceptors (Lipinski definition) is 3. The second-order valence-electron chi connectivity index (χ2n) is 3.28. The fourth-order valence-electron chi connectivity index (χ4n) is 1.52. The van der Waals surface area contributed by atoms with Gasteiger partial charge < -0.3 is 10.2 Å². The zero-order valence-electron chi connectivity index (χ0n) is 7.93. The molecule has 0 bridgehead atoms. The Morgan fingerprint density at radius 2 is 2.07 bits per heavy atom.